The molecule has 1 heterocycles. The van der Waals surface area contributed by atoms with Crippen LogP contribution in [0.15, 0.2) is 24.3 Å². The number of carboxylic acids is 1. The van der Waals surface area contributed by atoms with E-state index in [0.29, 0.717) is 6.54 Å². The third kappa shape index (κ3) is 4.00. The van der Waals surface area contributed by atoms with Crippen molar-refractivity contribution in [2.45, 2.75) is 5.38 Å². The van der Waals surface area contributed by atoms with E-state index in [1.807, 2.05) is 24.3 Å². The van der Waals surface area contributed by atoms with Crippen LogP contribution in [0.25, 0.3) is 0 Å². The molecule has 1 fully saturated rings. The number of rotatable bonds is 4. The molecule has 19 heavy (non-hydrogen) atoms. The molecule has 104 valence electrons. The van der Waals surface area contributed by atoms with Crippen LogP contribution in [0.5, 0.6) is 0 Å². The van der Waals surface area contributed by atoms with Crippen LogP contribution in [0.4, 0.5) is 5.69 Å². The van der Waals surface area contributed by atoms with Gasteiger partial charge in [-0.05, 0) is 24.3 Å². The molecule has 0 aromatic heterocycles. The highest BCUT2D eigenvalue weighted by molar-refractivity contribution is 6.30. The first-order valence-electron chi connectivity index (χ1n) is 6.16. The summed E-state index contributed by atoms with van der Waals surface area (Å²) in [5.74, 6) is -0.957. The number of piperazine rings is 1. The fraction of sp³-hybridized carbons (Fsp3) is 0.462. The fourth-order valence-electron chi connectivity index (χ4n) is 2.15. The molecule has 0 saturated carbocycles. The van der Waals surface area contributed by atoms with Gasteiger partial charge >= 0.3 is 5.97 Å². The summed E-state index contributed by atoms with van der Waals surface area (Å²) in [6.07, 6.45) is 0. The third-order valence-corrected chi connectivity index (χ3v) is 3.83. The first-order valence-corrected chi connectivity index (χ1v) is 6.97. The summed E-state index contributed by atoms with van der Waals surface area (Å²) in [4.78, 5) is 15.1. The Morgan fingerprint density at radius 3 is 2.32 bits per heavy atom. The second-order valence-electron chi connectivity index (χ2n) is 4.57. The van der Waals surface area contributed by atoms with Gasteiger partial charge in [-0.1, -0.05) is 11.6 Å². The van der Waals surface area contributed by atoms with Crippen molar-refractivity contribution in [1.82, 2.24) is 4.90 Å². The van der Waals surface area contributed by atoms with E-state index in [1.165, 1.54) is 0 Å². The molecule has 0 amide bonds. The van der Waals surface area contributed by atoms with Gasteiger partial charge in [0, 0.05) is 43.4 Å². The number of aliphatic carboxylic acids is 1. The van der Waals surface area contributed by atoms with Crippen molar-refractivity contribution in [3.63, 3.8) is 0 Å². The number of carboxylic acid groups (broad SMARTS) is 1. The number of hydrogen-bond donors (Lipinski definition) is 1. The van der Waals surface area contributed by atoms with Gasteiger partial charge in [0.15, 0.2) is 0 Å². The van der Waals surface area contributed by atoms with E-state index >= 15 is 0 Å². The van der Waals surface area contributed by atoms with E-state index in [-0.39, 0.29) is 0 Å². The molecule has 1 aliphatic heterocycles. The topological polar surface area (TPSA) is 43.8 Å². The second-order valence-corrected chi connectivity index (χ2v) is 5.53. The molecule has 1 aliphatic rings. The molecule has 1 aromatic carbocycles. The van der Waals surface area contributed by atoms with Gasteiger partial charge < -0.3 is 10.0 Å². The van der Waals surface area contributed by atoms with Gasteiger partial charge in [0.25, 0.3) is 0 Å². The van der Waals surface area contributed by atoms with Crippen molar-refractivity contribution >= 4 is 34.9 Å². The fourth-order valence-corrected chi connectivity index (χ4v) is 2.47. The summed E-state index contributed by atoms with van der Waals surface area (Å²) in [5.41, 5.74) is 1.14. The van der Waals surface area contributed by atoms with Crippen LogP contribution in [0, 0.1) is 0 Å². The van der Waals surface area contributed by atoms with Crippen molar-refractivity contribution in [3.05, 3.63) is 29.3 Å². The van der Waals surface area contributed by atoms with Gasteiger partial charge in [-0.15, -0.1) is 11.6 Å². The monoisotopic (exact) mass is 302 g/mol. The summed E-state index contributed by atoms with van der Waals surface area (Å²) in [6, 6.07) is 7.75. The molecule has 0 aliphatic carbocycles. The number of alkyl halides is 1. The van der Waals surface area contributed by atoms with E-state index in [0.717, 1.165) is 36.9 Å². The molecule has 0 bridgehead atoms. The largest absolute Gasteiger partial charge is 0.480 e. The minimum absolute atomic E-state index is 0.394. The predicted octanol–water partition coefficient (Wildman–Crippen LogP) is 2.15. The highest BCUT2D eigenvalue weighted by atomic mass is 35.5. The van der Waals surface area contributed by atoms with Gasteiger partial charge in [0.05, 0.1) is 0 Å². The van der Waals surface area contributed by atoms with E-state index in [2.05, 4.69) is 9.80 Å². The van der Waals surface area contributed by atoms with E-state index in [9.17, 15) is 4.79 Å². The van der Waals surface area contributed by atoms with Gasteiger partial charge in [0.2, 0.25) is 0 Å². The molecule has 1 aromatic rings. The molecule has 4 nitrogen and oxygen atoms in total. The Hall–Kier alpha value is -0.970. The Bertz CT molecular complexity index is 431. The van der Waals surface area contributed by atoms with E-state index in [4.69, 9.17) is 28.3 Å². The Kier molecular flexibility index (Phi) is 4.91. The molecule has 1 unspecified atom stereocenters. The average molecular weight is 303 g/mol. The van der Waals surface area contributed by atoms with Crippen molar-refractivity contribution in [1.29, 1.82) is 0 Å². The molecule has 0 spiro atoms. The number of nitrogens with zero attached hydrogens (tertiary/aromatic N) is 2. The summed E-state index contributed by atoms with van der Waals surface area (Å²) in [5, 5.41) is 8.69. The highest BCUT2D eigenvalue weighted by Gasteiger charge is 2.22. The summed E-state index contributed by atoms with van der Waals surface area (Å²) >= 11 is 11.6. The normalized spacial score (nSPS) is 18.3. The van der Waals surface area contributed by atoms with E-state index in [1.54, 1.807) is 0 Å². The summed E-state index contributed by atoms with van der Waals surface area (Å²) in [6.45, 7) is 3.76. The summed E-state index contributed by atoms with van der Waals surface area (Å²) < 4.78 is 0. The number of anilines is 1. The zero-order valence-electron chi connectivity index (χ0n) is 10.4. The van der Waals surface area contributed by atoms with Crippen molar-refractivity contribution in [2.75, 3.05) is 37.6 Å². The second kappa shape index (κ2) is 6.46. The van der Waals surface area contributed by atoms with Crippen LogP contribution in [0.2, 0.25) is 5.02 Å². The lowest BCUT2D eigenvalue weighted by molar-refractivity contribution is -0.137. The maximum Gasteiger partial charge on any atom is 0.322 e. The molecule has 6 heteroatoms. The third-order valence-electron chi connectivity index (χ3n) is 3.25. The molecular formula is C13H16Cl2N2O2. The van der Waals surface area contributed by atoms with Gasteiger partial charge in [-0.2, -0.15) is 0 Å². The highest BCUT2D eigenvalue weighted by Crippen LogP contribution is 2.19. The zero-order chi connectivity index (χ0) is 13.8. The molecular weight excluding hydrogens is 287 g/mol. The number of carbonyl (C=O) groups is 1. The van der Waals surface area contributed by atoms with Gasteiger partial charge in [-0.3, -0.25) is 9.69 Å². The average Bonchev–Trinajstić information content (AvgIpc) is 2.40. The van der Waals surface area contributed by atoms with Crippen LogP contribution in [0.1, 0.15) is 0 Å². The zero-order valence-corrected chi connectivity index (χ0v) is 11.9. The SMILES string of the molecule is O=C(O)C(Cl)CN1CCN(c2ccc(Cl)cc2)CC1. The van der Waals surface area contributed by atoms with Crippen LogP contribution in [-0.2, 0) is 4.79 Å². The molecule has 1 N–H and O–H groups in total. The van der Waals surface area contributed by atoms with Crippen LogP contribution in [-0.4, -0.2) is 54.1 Å². The number of halogens is 2. The van der Waals surface area contributed by atoms with Crippen molar-refractivity contribution < 1.29 is 9.90 Å². The maximum atomic E-state index is 10.7. The van der Waals surface area contributed by atoms with Gasteiger partial charge in [0.1, 0.15) is 5.38 Å². The smallest absolute Gasteiger partial charge is 0.322 e. The van der Waals surface area contributed by atoms with Crippen LogP contribution >= 0.6 is 23.2 Å². The lowest BCUT2D eigenvalue weighted by atomic mass is 10.2. The van der Waals surface area contributed by atoms with Crippen molar-refractivity contribution in [3.8, 4) is 0 Å². The molecule has 1 atom stereocenters. The van der Waals surface area contributed by atoms with Crippen molar-refractivity contribution in [2.24, 2.45) is 0 Å². The van der Waals surface area contributed by atoms with Crippen LogP contribution in [0.3, 0.4) is 0 Å². The predicted molar refractivity (Wildman–Crippen MR) is 77.4 cm³/mol. The number of benzene rings is 1. The molecule has 0 radical (unpaired) electrons. The standard InChI is InChI=1S/C13H16Cl2N2O2/c14-10-1-3-11(4-2-10)17-7-5-16(6-8-17)9-12(15)13(18)19/h1-4,12H,5-9H2,(H,18,19). The molecule has 2 rings (SSSR count). The summed E-state index contributed by atoms with van der Waals surface area (Å²) in [7, 11) is 0. The Balaban J connectivity index is 1.85. The first kappa shape index (κ1) is 14.4. The van der Waals surface area contributed by atoms with E-state index < -0.39 is 11.3 Å². The number of hydrogen-bond acceptors (Lipinski definition) is 3. The Morgan fingerprint density at radius 1 is 1.21 bits per heavy atom. The van der Waals surface area contributed by atoms with Gasteiger partial charge in [-0.25, -0.2) is 0 Å². The molecule has 1 saturated heterocycles. The Morgan fingerprint density at radius 2 is 1.79 bits per heavy atom. The maximum absolute atomic E-state index is 10.7. The lowest BCUT2D eigenvalue weighted by Gasteiger charge is -2.36. The Labute approximate surface area is 122 Å². The first-order chi connectivity index (χ1) is 9.06. The minimum Gasteiger partial charge on any atom is -0.480 e. The quantitative estimate of drug-likeness (QED) is 0.866. The minimum atomic E-state index is -0.957. The van der Waals surface area contributed by atoms with Crippen LogP contribution < -0.4 is 4.90 Å². The lowest BCUT2D eigenvalue weighted by Crippen LogP contribution is -2.48.